The molecular formula is C72H129N4O32P3Si2. The Kier molecular flexibility index (Phi) is 40.4. The monoisotopic (exact) mass is 1710 g/mol. The van der Waals surface area contributed by atoms with Gasteiger partial charge in [-0.3, -0.25) is 98.3 Å². The van der Waals surface area contributed by atoms with Crippen molar-refractivity contribution in [1.82, 2.24) is 19.1 Å². The summed E-state index contributed by atoms with van der Waals surface area (Å²) in [4.78, 5) is 137. The summed E-state index contributed by atoms with van der Waals surface area (Å²) in [5.41, 5.74) is -7.82. The van der Waals surface area contributed by atoms with Gasteiger partial charge in [-0.2, -0.15) is 0 Å². The molecule has 4 rings (SSSR count). The first-order chi connectivity index (χ1) is 50.1. The highest BCUT2D eigenvalue weighted by Crippen LogP contribution is 2.64. The van der Waals surface area contributed by atoms with Crippen LogP contribution in [0.5, 0.6) is 0 Å². The van der Waals surface area contributed by atoms with E-state index in [-0.39, 0.29) is 24.9 Å². The topological polar surface area (TPSA) is 447 Å². The molecule has 113 heavy (non-hydrogen) atoms. The first kappa shape index (κ1) is 107. The van der Waals surface area contributed by atoms with Crippen molar-refractivity contribution in [3.63, 3.8) is 0 Å². The van der Waals surface area contributed by atoms with Crippen LogP contribution < -0.4 is 22.5 Å². The smallest absolute Gasteiger partial charge is 0.359 e. The number of aromatic amines is 2. The van der Waals surface area contributed by atoms with Crippen molar-refractivity contribution < 1.29 is 131 Å². The molecule has 2 saturated heterocycles. The number of carbonyl (C=O) groups excluding carboxylic acids is 7. The minimum Gasteiger partial charge on any atom is -0.438 e. The van der Waals surface area contributed by atoms with Crippen molar-refractivity contribution >= 4 is 81.5 Å². The molecule has 8 atom stereocenters. The number of H-pyrrole nitrogens is 2. The molecule has 4 heterocycles. The molecule has 0 saturated carbocycles. The average molecular weight is 1710 g/mol. The van der Waals surface area contributed by atoms with Gasteiger partial charge < -0.3 is 61.0 Å². The van der Waals surface area contributed by atoms with E-state index in [1.807, 2.05) is 13.1 Å². The van der Waals surface area contributed by atoms with E-state index in [9.17, 15) is 66.4 Å². The summed E-state index contributed by atoms with van der Waals surface area (Å²) in [7, 11) is -15.2. The fourth-order valence-electron chi connectivity index (χ4n) is 8.11. The molecule has 2 N–H and O–H groups in total. The third kappa shape index (κ3) is 34.0. The van der Waals surface area contributed by atoms with Gasteiger partial charge in [-0.05, 0) is 167 Å². The van der Waals surface area contributed by atoms with Gasteiger partial charge in [0.1, 0.15) is 36.6 Å². The van der Waals surface area contributed by atoms with Gasteiger partial charge in [0.15, 0.2) is 41.3 Å². The van der Waals surface area contributed by atoms with E-state index in [1.54, 1.807) is 125 Å². The zero-order chi connectivity index (χ0) is 86.1. The van der Waals surface area contributed by atoms with Gasteiger partial charge in [0.25, 0.3) is 11.1 Å². The van der Waals surface area contributed by atoms with Crippen molar-refractivity contribution in [3.05, 3.63) is 78.1 Å². The molecule has 36 nitrogen and oxygen atoms in total. The van der Waals surface area contributed by atoms with Gasteiger partial charge in [-0.1, -0.05) is 56.4 Å². The molecule has 0 amide bonds. The molecule has 41 heteroatoms. The molecule has 2 aromatic heterocycles. The average Bonchev–Trinajstić information content (AvgIpc) is 1.63. The minimum absolute atomic E-state index is 0. The Morgan fingerprint density at radius 1 is 0.425 bits per heavy atom. The molecule has 652 valence electrons. The van der Waals surface area contributed by atoms with Crippen LogP contribution in [-0.4, -0.2) is 175 Å². The number of rotatable bonds is 31. The summed E-state index contributed by atoms with van der Waals surface area (Å²) in [6, 6.07) is 2.40. The lowest BCUT2D eigenvalue weighted by atomic mass is 9.98. The molecule has 2 aliphatic rings. The van der Waals surface area contributed by atoms with Crippen LogP contribution in [0.4, 0.5) is 0 Å². The van der Waals surface area contributed by atoms with Crippen LogP contribution in [0.25, 0.3) is 0 Å². The van der Waals surface area contributed by atoms with Crippen molar-refractivity contribution in [2.45, 2.75) is 266 Å². The highest BCUT2D eigenvalue weighted by molar-refractivity contribution is 7.71. The number of hydrogen-bond donors (Lipinski definition) is 2. The number of ether oxygens (including phenoxy) is 10. The summed E-state index contributed by atoms with van der Waals surface area (Å²) < 4.78 is 141. The molecular weight excluding hydrogens is 1580 g/mol. The standard InChI is InChI=1S/C29H49N2O12PSi.C25H46O14P2.C16H26N2O6Si.2CH4/c1-27(2,3)24(33)38-17-40-44(36,41-18-39-25(34)28(4,5)6)16-14-19-21(43-45(11,12)29(7,8)9)22(37-10)23(42-19)31-15-13-20(32)30-26(31)35;1-22(2,3)18(26)32-13-36-40(30,37-14-33-19(27)23(4,5)6)17-41(31,38-15-34-20(28)24(7,8)9)39-16-35-21(29)25(10,11)12;1-16(2,3)25(5,6)24-12-10(9-19)23-14(13(12)22-4)18-8-7-11(20)17-15(18)21;;/h13-16,19,21-23H,17-18H2,1-12H3,(H,30,32,35);13-17H2,1-12H3;7-10,12-14H,1-6H3,(H,17,20,21);2*1H4/b16-14+;;;;/t19-,21?,22+,23-;;10-,12?,13+,14-;;/m1.1../s1. The number of methoxy groups -OCH3 is 2. The van der Waals surface area contributed by atoms with Crippen LogP contribution in [0, 0.1) is 32.5 Å². The Morgan fingerprint density at radius 3 is 0.903 bits per heavy atom. The molecule has 2 fully saturated rings. The van der Waals surface area contributed by atoms with Crippen molar-refractivity contribution in [3.8, 4) is 0 Å². The molecule has 2 unspecified atom stereocenters. The van der Waals surface area contributed by atoms with Gasteiger partial charge in [0.05, 0.1) is 32.5 Å². The molecule has 0 aliphatic carbocycles. The van der Waals surface area contributed by atoms with Gasteiger partial charge in [-0.25, -0.2) is 9.59 Å². The van der Waals surface area contributed by atoms with Crippen molar-refractivity contribution in [2.24, 2.45) is 32.5 Å². The van der Waals surface area contributed by atoms with E-state index >= 15 is 0 Å². The Bertz CT molecular complexity index is 3720. The second-order valence-electron chi connectivity index (χ2n) is 35.1. The number of carbonyl (C=O) groups is 7. The Balaban J connectivity index is 0.00000171. The predicted molar refractivity (Wildman–Crippen MR) is 422 cm³/mol. The molecule has 2 aromatic rings. The van der Waals surface area contributed by atoms with E-state index < -0.39 is 226 Å². The third-order valence-corrected chi connectivity index (χ3v) is 32.1. The highest BCUT2D eigenvalue weighted by Gasteiger charge is 2.53. The van der Waals surface area contributed by atoms with Gasteiger partial charge in [0, 0.05) is 44.6 Å². The fourth-order valence-corrected chi connectivity index (χ4v) is 15.7. The largest absolute Gasteiger partial charge is 0.438 e. The summed E-state index contributed by atoms with van der Waals surface area (Å²) >= 11 is 0. The van der Waals surface area contributed by atoms with Crippen LogP contribution in [0.3, 0.4) is 0 Å². The predicted octanol–water partition coefficient (Wildman–Crippen LogP) is 12.6. The van der Waals surface area contributed by atoms with Crippen LogP contribution in [0.15, 0.2) is 55.6 Å². The summed E-state index contributed by atoms with van der Waals surface area (Å²) in [6.07, 6.45) is -1.97. The zero-order valence-corrected chi connectivity index (χ0v) is 74.6. The first-order valence-corrected chi connectivity index (χ1v) is 46.2. The van der Waals surface area contributed by atoms with Crippen LogP contribution in [0.1, 0.15) is 193 Å². The summed E-state index contributed by atoms with van der Waals surface area (Å²) in [6.45, 7) is 44.4. The molecule has 0 bridgehead atoms. The SMILES string of the molecule is C.C.CC(C)(C)C(=O)OCOP(=O)(CP(=O)(OCOC(=O)C(C)(C)C)OCOC(=O)C(C)(C)C)OCOC(=O)C(C)(C)C.CO[C@H]1C(O[Si](C)(C)C(C)(C)C)[C@@H](/C=C/P(=O)(OCOC(=O)C(C)(C)C)OCOC(=O)C(C)(C)C)O[C@H]1n1ccc(=O)[nH]c1=O.CO[C@H]1C(O[Si](C)(C)C(C)(C)C)[C@@H](C=O)O[C@H]1n1ccc(=O)[nH]c1=O. The van der Waals surface area contributed by atoms with E-state index in [2.05, 4.69) is 64.6 Å². The van der Waals surface area contributed by atoms with Crippen LogP contribution >= 0.6 is 22.8 Å². The van der Waals surface area contributed by atoms with Crippen molar-refractivity contribution in [2.75, 3.05) is 60.9 Å². The number of aromatic nitrogens is 4. The van der Waals surface area contributed by atoms with Gasteiger partial charge in [0.2, 0.25) is 40.8 Å². The summed E-state index contributed by atoms with van der Waals surface area (Å²) in [5, 5.41) is -0.284. The normalized spacial score (nSPS) is 19.6. The number of aldehydes is 1. The van der Waals surface area contributed by atoms with Crippen LogP contribution in [0.2, 0.25) is 36.3 Å². The minimum atomic E-state index is -4.60. The zero-order valence-electron chi connectivity index (χ0n) is 69.9. The second kappa shape index (κ2) is 42.6. The Hall–Kier alpha value is -5.77. The molecule has 2 aliphatic heterocycles. The number of hydrogen-bond acceptors (Lipinski definition) is 32. The number of nitrogens with zero attached hydrogens (tertiary/aromatic N) is 2. The molecule has 0 spiro atoms. The third-order valence-electron chi connectivity index (χ3n) is 16.9. The fraction of sp³-hybridized carbons (Fsp3) is 0.764. The summed E-state index contributed by atoms with van der Waals surface area (Å²) in [5.74, 6) is -4.05. The lowest BCUT2D eigenvalue weighted by molar-refractivity contribution is -0.163. The maximum Gasteiger partial charge on any atom is 0.359 e. The van der Waals surface area contributed by atoms with E-state index in [1.165, 1.54) is 54.0 Å². The van der Waals surface area contributed by atoms with E-state index in [0.717, 1.165) is 5.82 Å². The van der Waals surface area contributed by atoms with Crippen LogP contribution in [-0.2, 0) is 131 Å². The first-order valence-electron chi connectivity index (χ1n) is 35.3. The molecule has 0 radical (unpaired) electrons. The highest BCUT2D eigenvalue weighted by atomic mass is 31.2. The lowest BCUT2D eigenvalue weighted by Gasteiger charge is -2.40. The lowest BCUT2D eigenvalue weighted by Crippen LogP contribution is -2.50. The Labute approximate surface area is 666 Å². The quantitative estimate of drug-likeness (QED) is 0.0177. The second-order valence-corrected chi connectivity index (χ2v) is 51.1. The number of esters is 6. The Morgan fingerprint density at radius 2 is 0.673 bits per heavy atom. The van der Waals surface area contributed by atoms with E-state index in [4.69, 9.17) is 83.4 Å². The number of nitrogens with one attached hydrogen (secondary N) is 2. The van der Waals surface area contributed by atoms with E-state index in [0.29, 0.717) is 6.29 Å². The maximum atomic E-state index is 13.8. The van der Waals surface area contributed by atoms with Gasteiger partial charge in [-0.15, -0.1) is 0 Å². The van der Waals surface area contributed by atoms with Gasteiger partial charge >= 0.3 is 70.0 Å². The maximum absolute atomic E-state index is 13.8. The molecule has 0 aromatic carbocycles. The van der Waals surface area contributed by atoms with Crippen molar-refractivity contribution in [1.29, 1.82) is 0 Å².